The molecule has 20 heavy (non-hydrogen) atoms. The minimum Gasteiger partial charge on any atom is -0.493 e. The molecule has 2 aromatic rings. The van der Waals surface area contributed by atoms with Crippen LogP contribution in [0.1, 0.15) is 13.3 Å². The van der Waals surface area contributed by atoms with Crippen LogP contribution < -0.4 is 15.8 Å². The van der Waals surface area contributed by atoms with Crippen molar-refractivity contribution in [2.45, 2.75) is 13.3 Å². The first-order chi connectivity index (χ1) is 9.58. The highest BCUT2D eigenvalue weighted by Gasteiger charge is 2.04. The second-order valence-corrected chi connectivity index (χ2v) is 6.16. The van der Waals surface area contributed by atoms with Gasteiger partial charge in [0.1, 0.15) is 5.75 Å². The van der Waals surface area contributed by atoms with E-state index in [0.717, 1.165) is 32.5 Å². The predicted octanol–water partition coefficient (Wildman–Crippen LogP) is 5.33. The topological polar surface area (TPSA) is 47.3 Å². The Kier molecular flexibility index (Phi) is 5.31. The number of hydrogen-bond donors (Lipinski definition) is 2. The molecule has 0 heterocycles. The van der Waals surface area contributed by atoms with Crippen LogP contribution in [0.3, 0.4) is 0 Å². The summed E-state index contributed by atoms with van der Waals surface area (Å²) < 4.78 is 7.62. The fourth-order valence-corrected chi connectivity index (χ4v) is 2.89. The molecule has 3 nitrogen and oxygen atoms in total. The van der Waals surface area contributed by atoms with Gasteiger partial charge in [-0.15, -0.1) is 0 Å². The maximum atomic E-state index is 5.91. The van der Waals surface area contributed by atoms with Crippen LogP contribution in [0.5, 0.6) is 5.75 Å². The van der Waals surface area contributed by atoms with E-state index in [1.54, 1.807) is 0 Å². The van der Waals surface area contributed by atoms with Crippen molar-refractivity contribution in [1.29, 1.82) is 0 Å². The van der Waals surface area contributed by atoms with Gasteiger partial charge in [0, 0.05) is 32.5 Å². The Balaban J connectivity index is 2.21. The molecule has 0 aliphatic rings. The minimum atomic E-state index is 0.675. The van der Waals surface area contributed by atoms with Gasteiger partial charge in [0.15, 0.2) is 0 Å². The lowest BCUT2D eigenvalue weighted by atomic mass is 10.2. The first-order valence-corrected chi connectivity index (χ1v) is 7.92. The number of benzene rings is 2. The zero-order valence-electron chi connectivity index (χ0n) is 11.1. The summed E-state index contributed by atoms with van der Waals surface area (Å²) in [5.41, 5.74) is 8.46. The number of ether oxygens (including phenoxy) is 1. The molecule has 0 fully saturated rings. The molecule has 0 spiro atoms. The van der Waals surface area contributed by atoms with Crippen LogP contribution in [0.15, 0.2) is 45.3 Å². The first kappa shape index (κ1) is 15.2. The van der Waals surface area contributed by atoms with E-state index in [9.17, 15) is 0 Å². The maximum Gasteiger partial charge on any atom is 0.123 e. The molecular formula is C15H16Br2N2O. The lowest BCUT2D eigenvalue weighted by Crippen LogP contribution is -1.98. The molecule has 0 bridgehead atoms. The molecule has 0 unspecified atom stereocenters. The molecular weight excluding hydrogens is 384 g/mol. The van der Waals surface area contributed by atoms with E-state index in [1.165, 1.54) is 0 Å². The second-order valence-electron chi connectivity index (χ2n) is 4.39. The van der Waals surface area contributed by atoms with E-state index in [2.05, 4.69) is 44.1 Å². The number of nitrogen functional groups attached to an aromatic ring is 1. The van der Waals surface area contributed by atoms with Crippen LogP contribution in [-0.2, 0) is 0 Å². The van der Waals surface area contributed by atoms with Crippen molar-refractivity contribution in [3.05, 3.63) is 45.3 Å². The Bertz CT molecular complexity index is 602. The third-order valence-corrected chi connectivity index (χ3v) is 3.76. The number of hydrogen-bond acceptors (Lipinski definition) is 3. The van der Waals surface area contributed by atoms with Gasteiger partial charge < -0.3 is 15.8 Å². The van der Waals surface area contributed by atoms with Gasteiger partial charge in [-0.3, -0.25) is 0 Å². The maximum absolute atomic E-state index is 5.91. The summed E-state index contributed by atoms with van der Waals surface area (Å²) in [6.45, 7) is 2.76. The Morgan fingerprint density at radius 2 is 1.95 bits per heavy atom. The Hall–Kier alpha value is -1.20. The Labute approximate surface area is 135 Å². The molecule has 2 aromatic carbocycles. The Morgan fingerprint density at radius 3 is 2.65 bits per heavy atom. The smallest absolute Gasteiger partial charge is 0.123 e. The lowest BCUT2D eigenvalue weighted by molar-refractivity contribution is 0.318. The highest BCUT2D eigenvalue weighted by molar-refractivity contribution is 9.11. The second kappa shape index (κ2) is 6.99. The number of rotatable bonds is 5. The zero-order chi connectivity index (χ0) is 14.5. The van der Waals surface area contributed by atoms with E-state index in [0.29, 0.717) is 12.3 Å². The van der Waals surface area contributed by atoms with E-state index in [1.807, 2.05) is 36.4 Å². The third-order valence-electron chi connectivity index (χ3n) is 2.61. The molecule has 0 aromatic heterocycles. The van der Waals surface area contributed by atoms with Crippen LogP contribution in [-0.4, -0.2) is 6.61 Å². The molecule has 0 saturated heterocycles. The van der Waals surface area contributed by atoms with E-state index in [4.69, 9.17) is 10.5 Å². The zero-order valence-corrected chi connectivity index (χ0v) is 14.3. The molecule has 0 saturated carbocycles. The van der Waals surface area contributed by atoms with Crippen molar-refractivity contribution in [3.8, 4) is 5.75 Å². The number of nitrogens with one attached hydrogen (secondary N) is 1. The fraction of sp³-hybridized carbons (Fsp3) is 0.200. The fourth-order valence-electron chi connectivity index (χ4n) is 1.74. The highest BCUT2D eigenvalue weighted by Crippen LogP contribution is 2.31. The van der Waals surface area contributed by atoms with Crippen molar-refractivity contribution >= 4 is 48.9 Å². The van der Waals surface area contributed by atoms with Crippen molar-refractivity contribution in [1.82, 2.24) is 0 Å². The quantitative estimate of drug-likeness (QED) is 0.668. The predicted molar refractivity (Wildman–Crippen MR) is 91.8 cm³/mol. The molecule has 2 rings (SSSR count). The highest BCUT2D eigenvalue weighted by atomic mass is 79.9. The van der Waals surface area contributed by atoms with Gasteiger partial charge in [0.25, 0.3) is 0 Å². The molecule has 0 amide bonds. The van der Waals surface area contributed by atoms with Gasteiger partial charge >= 0.3 is 0 Å². The number of halogens is 2. The van der Waals surface area contributed by atoms with Crippen LogP contribution in [0.4, 0.5) is 17.1 Å². The molecule has 0 aliphatic carbocycles. The Morgan fingerprint density at radius 1 is 1.15 bits per heavy atom. The molecule has 106 valence electrons. The van der Waals surface area contributed by atoms with Gasteiger partial charge in [-0.2, -0.15) is 0 Å². The lowest BCUT2D eigenvalue weighted by Gasteiger charge is -2.12. The first-order valence-electron chi connectivity index (χ1n) is 6.34. The van der Waals surface area contributed by atoms with Crippen molar-refractivity contribution in [2.75, 3.05) is 17.7 Å². The third kappa shape index (κ3) is 4.15. The standard InChI is InChI=1S/C15H16Br2N2O/c1-2-5-20-13-8-11(18)7-12(9-13)19-15-4-3-10(16)6-14(15)17/h3-4,6-9,19H,2,5,18H2,1H3. The van der Waals surface area contributed by atoms with Crippen molar-refractivity contribution < 1.29 is 4.74 Å². The van der Waals surface area contributed by atoms with E-state index < -0.39 is 0 Å². The summed E-state index contributed by atoms with van der Waals surface area (Å²) in [5, 5.41) is 3.33. The summed E-state index contributed by atoms with van der Waals surface area (Å²) in [6, 6.07) is 11.6. The van der Waals surface area contributed by atoms with Gasteiger partial charge in [-0.25, -0.2) is 0 Å². The van der Waals surface area contributed by atoms with Gasteiger partial charge in [0.05, 0.1) is 12.3 Å². The van der Waals surface area contributed by atoms with Gasteiger partial charge in [0.2, 0.25) is 0 Å². The summed E-state index contributed by atoms with van der Waals surface area (Å²) in [4.78, 5) is 0. The summed E-state index contributed by atoms with van der Waals surface area (Å²) >= 11 is 6.96. The van der Waals surface area contributed by atoms with Crippen molar-refractivity contribution in [3.63, 3.8) is 0 Å². The summed E-state index contributed by atoms with van der Waals surface area (Å²) in [5.74, 6) is 0.780. The minimum absolute atomic E-state index is 0.675. The van der Waals surface area contributed by atoms with Crippen LogP contribution in [0.2, 0.25) is 0 Å². The van der Waals surface area contributed by atoms with Crippen LogP contribution in [0.25, 0.3) is 0 Å². The van der Waals surface area contributed by atoms with Crippen LogP contribution >= 0.6 is 31.9 Å². The average molecular weight is 400 g/mol. The van der Waals surface area contributed by atoms with Gasteiger partial charge in [-0.05, 0) is 46.6 Å². The molecule has 0 aliphatic heterocycles. The molecule has 0 radical (unpaired) electrons. The SMILES string of the molecule is CCCOc1cc(N)cc(Nc2ccc(Br)cc2Br)c1. The normalized spacial score (nSPS) is 10.3. The van der Waals surface area contributed by atoms with E-state index >= 15 is 0 Å². The molecule has 5 heteroatoms. The van der Waals surface area contributed by atoms with Crippen molar-refractivity contribution in [2.24, 2.45) is 0 Å². The average Bonchev–Trinajstić information content (AvgIpc) is 2.39. The largest absolute Gasteiger partial charge is 0.493 e. The molecule has 3 N–H and O–H groups in total. The number of nitrogens with two attached hydrogens (primary N) is 1. The van der Waals surface area contributed by atoms with Gasteiger partial charge in [-0.1, -0.05) is 22.9 Å². The monoisotopic (exact) mass is 398 g/mol. The van der Waals surface area contributed by atoms with Crippen LogP contribution in [0, 0.1) is 0 Å². The summed E-state index contributed by atoms with van der Waals surface area (Å²) in [7, 11) is 0. The summed E-state index contributed by atoms with van der Waals surface area (Å²) in [6.07, 6.45) is 0.968. The number of anilines is 3. The molecule has 0 atom stereocenters. The van der Waals surface area contributed by atoms with E-state index in [-0.39, 0.29) is 0 Å².